The van der Waals surface area contributed by atoms with E-state index in [1.165, 1.54) is 21.9 Å². The number of rotatable bonds is 3. The highest BCUT2D eigenvalue weighted by Crippen LogP contribution is 2.22. The van der Waals surface area contributed by atoms with E-state index in [0.717, 1.165) is 19.4 Å². The van der Waals surface area contributed by atoms with Gasteiger partial charge in [0.25, 0.3) is 0 Å². The van der Waals surface area contributed by atoms with E-state index in [2.05, 4.69) is 30.1 Å². The largest absolute Gasteiger partial charge is 0.330 e. The van der Waals surface area contributed by atoms with Crippen molar-refractivity contribution in [2.24, 2.45) is 5.73 Å². The topological polar surface area (TPSA) is 38.9 Å². The SMILES string of the molecule is Cc1ccc(CCCN)c2cnccc12. The van der Waals surface area contributed by atoms with Crippen molar-refractivity contribution in [2.45, 2.75) is 19.8 Å². The van der Waals surface area contributed by atoms with E-state index in [4.69, 9.17) is 5.73 Å². The maximum Gasteiger partial charge on any atom is 0.0349 e. The monoisotopic (exact) mass is 200 g/mol. The smallest absolute Gasteiger partial charge is 0.0349 e. The van der Waals surface area contributed by atoms with Crippen molar-refractivity contribution in [1.82, 2.24) is 4.98 Å². The molecule has 2 aromatic rings. The van der Waals surface area contributed by atoms with Gasteiger partial charge in [-0.05, 0) is 48.9 Å². The van der Waals surface area contributed by atoms with E-state index in [1.54, 1.807) is 0 Å². The van der Waals surface area contributed by atoms with Crippen LogP contribution in [0.4, 0.5) is 0 Å². The van der Waals surface area contributed by atoms with Crippen molar-refractivity contribution >= 4 is 10.8 Å². The lowest BCUT2D eigenvalue weighted by Crippen LogP contribution is -2.01. The molecule has 0 atom stereocenters. The summed E-state index contributed by atoms with van der Waals surface area (Å²) in [6, 6.07) is 6.44. The minimum atomic E-state index is 0.746. The Morgan fingerprint density at radius 2 is 2.07 bits per heavy atom. The van der Waals surface area contributed by atoms with Crippen molar-refractivity contribution in [2.75, 3.05) is 6.54 Å². The molecule has 0 saturated heterocycles. The highest BCUT2D eigenvalue weighted by atomic mass is 14.6. The molecule has 1 aromatic carbocycles. The summed E-state index contributed by atoms with van der Waals surface area (Å²) in [6.45, 7) is 2.88. The quantitative estimate of drug-likeness (QED) is 0.826. The van der Waals surface area contributed by atoms with Gasteiger partial charge in [-0.1, -0.05) is 12.1 Å². The molecule has 0 saturated carbocycles. The summed E-state index contributed by atoms with van der Waals surface area (Å²) in [6.07, 6.45) is 5.88. The van der Waals surface area contributed by atoms with Crippen LogP contribution in [0, 0.1) is 6.92 Å². The average Bonchev–Trinajstić information content (AvgIpc) is 2.29. The fourth-order valence-corrected chi connectivity index (χ4v) is 1.91. The molecule has 2 rings (SSSR count). The zero-order valence-electron chi connectivity index (χ0n) is 9.03. The molecule has 78 valence electrons. The summed E-state index contributed by atoms with van der Waals surface area (Å²) in [7, 11) is 0. The molecular weight excluding hydrogens is 184 g/mol. The van der Waals surface area contributed by atoms with E-state index < -0.39 is 0 Å². The van der Waals surface area contributed by atoms with Crippen LogP contribution in [-0.2, 0) is 6.42 Å². The number of pyridine rings is 1. The first-order valence-corrected chi connectivity index (χ1v) is 5.35. The van der Waals surface area contributed by atoms with Gasteiger partial charge in [0.2, 0.25) is 0 Å². The number of hydrogen-bond acceptors (Lipinski definition) is 2. The van der Waals surface area contributed by atoms with Crippen molar-refractivity contribution in [3.8, 4) is 0 Å². The number of aromatic nitrogens is 1. The third-order valence-corrected chi connectivity index (χ3v) is 2.78. The number of nitrogens with zero attached hydrogens (tertiary/aromatic N) is 1. The second-order valence-electron chi connectivity index (χ2n) is 3.86. The number of benzene rings is 1. The van der Waals surface area contributed by atoms with Crippen LogP contribution in [0.15, 0.2) is 30.6 Å². The summed E-state index contributed by atoms with van der Waals surface area (Å²) >= 11 is 0. The Kier molecular flexibility index (Phi) is 2.97. The van der Waals surface area contributed by atoms with E-state index in [1.807, 2.05) is 12.4 Å². The molecule has 0 spiro atoms. The molecule has 15 heavy (non-hydrogen) atoms. The Labute approximate surface area is 90.1 Å². The van der Waals surface area contributed by atoms with Crippen molar-refractivity contribution in [3.05, 3.63) is 41.7 Å². The van der Waals surface area contributed by atoms with Gasteiger partial charge in [-0.25, -0.2) is 0 Å². The van der Waals surface area contributed by atoms with E-state index in [0.29, 0.717) is 0 Å². The molecular formula is C13H16N2. The predicted octanol–water partition coefficient (Wildman–Crippen LogP) is 2.43. The van der Waals surface area contributed by atoms with Gasteiger partial charge in [0.15, 0.2) is 0 Å². The second-order valence-corrected chi connectivity index (χ2v) is 3.86. The molecule has 0 aliphatic rings. The van der Waals surface area contributed by atoms with Crippen LogP contribution < -0.4 is 5.73 Å². The van der Waals surface area contributed by atoms with Gasteiger partial charge < -0.3 is 5.73 Å². The van der Waals surface area contributed by atoms with Gasteiger partial charge in [-0.2, -0.15) is 0 Å². The number of fused-ring (bicyclic) bond motifs is 1. The fourth-order valence-electron chi connectivity index (χ4n) is 1.91. The Bertz CT molecular complexity index is 463. The molecule has 0 radical (unpaired) electrons. The summed E-state index contributed by atoms with van der Waals surface area (Å²) < 4.78 is 0. The molecule has 2 heteroatoms. The van der Waals surface area contributed by atoms with Crippen molar-refractivity contribution in [3.63, 3.8) is 0 Å². The molecule has 1 aromatic heterocycles. The Hall–Kier alpha value is -1.41. The first kappa shape index (κ1) is 10.1. The summed E-state index contributed by atoms with van der Waals surface area (Å²) in [5.41, 5.74) is 8.20. The van der Waals surface area contributed by atoms with Gasteiger partial charge >= 0.3 is 0 Å². The van der Waals surface area contributed by atoms with Crippen molar-refractivity contribution < 1.29 is 0 Å². The van der Waals surface area contributed by atoms with Crippen LogP contribution in [0.5, 0.6) is 0 Å². The van der Waals surface area contributed by atoms with Crippen LogP contribution in [0.25, 0.3) is 10.8 Å². The molecule has 0 aliphatic carbocycles. The third kappa shape index (κ3) is 2.00. The predicted molar refractivity (Wildman–Crippen MR) is 63.9 cm³/mol. The molecule has 0 bridgehead atoms. The van der Waals surface area contributed by atoms with E-state index in [-0.39, 0.29) is 0 Å². The minimum absolute atomic E-state index is 0.746. The number of hydrogen-bond donors (Lipinski definition) is 1. The standard InChI is InChI=1S/C13H16N2/c1-10-4-5-11(3-2-7-14)13-9-15-8-6-12(10)13/h4-6,8-9H,2-3,7,14H2,1H3. The summed E-state index contributed by atoms with van der Waals surface area (Å²) in [5, 5.41) is 2.57. The third-order valence-electron chi connectivity index (χ3n) is 2.78. The second kappa shape index (κ2) is 4.41. The fraction of sp³-hybridized carbons (Fsp3) is 0.308. The van der Waals surface area contributed by atoms with Crippen LogP contribution in [0.1, 0.15) is 17.5 Å². The molecule has 0 unspecified atom stereocenters. The zero-order valence-corrected chi connectivity index (χ0v) is 9.03. The summed E-state index contributed by atoms with van der Waals surface area (Å²) in [4.78, 5) is 4.19. The lowest BCUT2D eigenvalue weighted by molar-refractivity contribution is 0.837. The normalized spacial score (nSPS) is 10.8. The zero-order chi connectivity index (χ0) is 10.7. The molecule has 0 aliphatic heterocycles. The van der Waals surface area contributed by atoms with Crippen LogP contribution in [-0.4, -0.2) is 11.5 Å². The van der Waals surface area contributed by atoms with Gasteiger partial charge in [0.1, 0.15) is 0 Å². The van der Waals surface area contributed by atoms with E-state index in [9.17, 15) is 0 Å². The van der Waals surface area contributed by atoms with Gasteiger partial charge in [-0.15, -0.1) is 0 Å². The molecule has 0 fully saturated rings. The Balaban J connectivity index is 2.51. The molecule has 2 N–H and O–H groups in total. The van der Waals surface area contributed by atoms with Crippen LogP contribution in [0.3, 0.4) is 0 Å². The maximum absolute atomic E-state index is 5.53. The first-order valence-electron chi connectivity index (χ1n) is 5.35. The minimum Gasteiger partial charge on any atom is -0.330 e. The molecule has 2 nitrogen and oxygen atoms in total. The van der Waals surface area contributed by atoms with Gasteiger partial charge in [-0.3, -0.25) is 4.98 Å². The lowest BCUT2D eigenvalue weighted by atomic mass is 9.99. The lowest BCUT2D eigenvalue weighted by Gasteiger charge is -2.07. The maximum atomic E-state index is 5.53. The molecule has 1 heterocycles. The number of aryl methyl sites for hydroxylation is 2. The van der Waals surface area contributed by atoms with Gasteiger partial charge in [0.05, 0.1) is 0 Å². The van der Waals surface area contributed by atoms with Crippen molar-refractivity contribution in [1.29, 1.82) is 0 Å². The number of nitrogens with two attached hydrogens (primary N) is 1. The average molecular weight is 200 g/mol. The van der Waals surface area contributed by atoms with Crippen LogP contribution in [0.2, 0.25) is 0 Å². The highest BCUT2D eigenvalue weighted by Gasteiger charge is 2.02. The Morgan fingerprint density at radius 1 is 1.20 bits per heavy atom. The Morgan fingerprint density at radius 3 is 2.87 bits per heavy atom. The molecule has 0 amide bonds. The van der Waals surface area contributed by atoms with E-state index >= 15 is 0 Å². The van der Waals surface area contributed by atoms with Crippen LogP contribution >= 0.6 is 0 Å². The highest BCUT2D eigenvalue weighted by molar-refractivity contribution is 5.87. The summed E-state index contributed by atoms with van der Waals surface area (Å²) in [5.74, 6) is 0. The first-order chi connectivity index (χ1) is 7.33. The van der Waals surface area contributed by atoms with Gasteiger partial charge in [0, 0.05) is 17.8 Å².